The maximum atomic E-state index is 11.8. The summed E-state index contributed by atoms with van der Waals surface area (Å²) in [6.45, 7) is 7.45. The fourth-order valence-corrected chi connectivity index (χ4v) is 4.72. The molecule has 1 aromatic rings. The van der Waals surface area contributed by atoms with Gasteiger partial charge in [0.1, 0.15) is 5.75 Å². The predicted octanol–water partition coefficient (Wildman–Crippen LogP) is 2.69. The fourth-order valence-electron chi connectivity index (χ4n) is 2.85. The molecule has 6 heteroatoms. The number of hydrogen-bond donors (Lipinski definition) is 1. The van der Waals surface area contributed by atoms with Crippen LogP contribution in [0.5, 0.6) is 5.75 Å². The van der Waals surface area contributed by atoms with Gasteiger partial charge in [-0.1, -0.05) is 32.9 Å². The summed E-state index contributed by atoms with van der Waals surface area (Å²) in [5.41, 5.74) is 1.38. The predicted molar refractivity (Wildman–Crippen MR) is 99.6 cm³/mol. The van der Waals surface area contributed by atoms with E-state index in [-0.39, 0.29) is 28.7 Å². The van der Waals surface area contributed by atoms with Crippen LogP contribution in [0.3, 0.4) is 0 Å². The Morgan fingerprint density at radius 1 is 1.24 bits per heavy atom. The highest BCUT2D eigenvalue weighted by Crippen LogP contribution is 2.24. The van der Waals surface area contributed by atoms with Crippen LogP contribution in [0.15, 0.2) is 24.3 Å². The van der Waals surface area contributed by atoms with E-state index in [0.29, 0.717) is 32.4 Å². The van der Waals surface area contributed by atoms with Gasteiger partial charge >= 0.3 is 0 Å². The Morgan fingerprint density at radius 2 is 1.92 bits per heavy atom. The van der Waals surface area contributed by atoms with Crippen molar-refractivity contribution in [2.24, 2.45) is 5.92 Å². The Labute approximate surface area is 151 Å². The zero-order valence-electron chi connectivity index (χ0n) is 15.4. The zero-order chi connectivity index (χ0) is 18.5. The smallest absolute Gasteiger partial charge is 0.220 e. The summed E-state index contributed by atoms with van der Waals surface area (Å²) >= 11 is 0. The molecule has 140 valence electrons. The highest BCUT2D eigenvalue weighted by atomic mass is 32.2. The number of carbonyl (C=O) groups is 1. The van der Waals surface area contributed by atoms with Gasteiger partial charge in [-0.25, -0.2) is 8.42 Å². The van der Waals surface area contributed by atoms with Gasteiger partial charge in [0.05, 0.1) is 18.1 Å². The van der Waals surface area contributed by atoms with E-state index in [1.54, 1.807) is 0 Å². The molecule has 1 fully saturated rings. The maximum absolute atomic E-state index is 11.8. The Morgan fingerprint density at radius 3 is 2.48 bits per heavy atom. The van der Waals surface area contributed by atoms with Gasteiger partial charge in [0, 0.05) is 13.0 Å². The summed E-state index contributed by atoms with van der Waals surface area (Å²) in [4.78, 5) is 11.8. The highest BCUT2D eigenvalue weighted by Gasteiger charge is 2.27. The Bertz CT molecular complexity index is 674. The van der Waals surface area contributed by atoms with Crippen LogP contribution in [-0.4, -0.2) is 39.0 Å². The minimum Gasteiger partial charge on any atom is -0.494 e. The maximum Gasteiger partial charge on any atom is 0.220 e. The van der Waals surface area contributed by atoms with Gasteiger partial charge < -0.3 is 10.1 Å². The van der Waals surface area contributed by atoms with Gasteiger partial charge in [0.25, 0.3) is 0 Å². The number of amides is 1. The van der Waals surface area contributed by atoms with Crippen molar-refractivity contribution in [1.29, 1.82) is 0 Å². The van der Waals surface area contributed by atoms with Crippen molar-refractivity contribution in [3.63, 3.8) is 0 Å². The lowest BCUT2D eigenvalue weighted by Crippen LogP contribution is -2.29. The molecular weight excluding hydrogens is 338 g/mol. The number of ether oxygens (including phenoxy) is 1. The lowest BCUT2D eigenvalue weighted by molar-refractivity contribution is -0.121. The highest BCUT2D eigenvalue weighted by molar-refractivity contribution is 7.91. The summed E-state index contributed by atoms with van der Waals surface area (Å²) < 4.78 is 28.4. The van der Waals surface area contributed by atoms with Crippen LogP contribution in [0.4, 0.5) is 0 Å². The van der Waals surface area contributed by atoms with E-state index < -0.39 is 9.84 Å². The number of sulfone groups is 1. The topological polar surface area (TPSA) is 72.5 Å². The SMILES string of the molecule is CC(C)(C)c1ccc(OCCCC(=O)NCC2CCS(=O)(=O)C2)cc1. The molecule has 0 aromatic heterocycles. The third kappa shape index (κ3) is 6.69. The molecular formula is C19H29NO4S. The average molecular weight is 368 g/mol. The molecule has 0 radical (unpaired) electrons. The second-order valence-electron chi connectivity index (χ2n) is 7.80. The molecule has 5 nitrogen and oxygen atoms in total. The normalized spacial score (nSPS) is 19.6. The van der Waals surface area contributed by atoms with Crippen molar-refractivity contribution in [1.82, 2.24) is 5.32 Å². The quantitative estimate of drug-likeness (QED) is 0.752. The van der Waals surface area contributed by atoms with Crippen LogP contribution in [0, 0.1) is 5.92 Å². The number of nitrogens with one attached hydrogen (secondary N) is 1. The van der Waals surface area contributed by atoms with Gasteiger partial charge in [-0.3, -0.25) is 4.79 Å². The molecule has 2 rings (SSSR count). The summed E-state index contributed by atoms with van der Waals surface area (Å²) in [6.07, 6.45) is 1.67. The summed E-state index contributed by atoms with van der Waals surface area (Å²) in [5.74, 6) is 1.27. The molecule has 1 N–H and O–H groups in total. The van der Waals surface area contributed by atoms with Crippen LogP contribution in [0.1, 0.15) is 45.6 Å². The molecule has 1 heterocycles. The van der Waals surface area contributed by atoms with Gasteiger partial charge in [0.15, 0.2) is 9.84 Å². The molecule has 1 aliphatic heterocycles. The van der Waals surface area contributed by atoms with Crippen molar-refractivity contribution in [3.05, 3.63) is 29.8 Å². The number of benzene rings is 1. The van der Waals surface area contributed by atoms with E-state index in [4.69, 9.17) is 4.74 Å². The van der Waals surface area contributed by atoms with Crippen molar-refractivity contribution < 1.29 is 17.9 Å². The minimum atomic E-state index is -2.88. The summed E-state index contributed by atoms with van der Waals surface area (Å²) in [5, 5.41) is 2.83. The third-order valence-electron chi connectivity index (χ3n) is 4.45. The summed E-state index contributed by atoms with van der Waals surface area (Å²) in [7, 11) is -2.88. The Hall–Kier alpha value is -1.56. The second kappa shape index (κ2) is 8.21. The van der Waals surface area contributed by atoms with Crippen LogP contribution in [-0.2, 0) is 20.0 Å². The van der Waals surface area contributed by atoms with Gasteiger partial charge in [-0.05, 0) is 41.9 Å². The van der Waals surface area contributed by atoms with E-state index in [9.17, 15) is 13.2 Å². The first-order valence-electron chi connectivity index (χ1n) is 8.86. The molecule has 1 amide bonds. The number of rotatable bonds is 7. The van der Waals surface area contributed by atoms with Crippen LogP contribution in [0.2, 0.25) is 0 Å². The number of hydrogen-bond acceptors (Lipinski definition) is 4. The van der Waals surface area contributed by atoms with Crippen molar-refractivity contribution in [2.45, 2.75) is 45.4 Å². The van der Waals surface area contributed by atoms with E-state index >= 15 is 0 Å². The number of carbonyl (C=O) groups excluding carboxylic acids is 1. The Kier molecular flexibility index (Phi) is 6.49. The first-order valence-corrected chi connectivity index (χ1v) is 10.7. The average Bonchev–Trinajstić information content (AvgIpc) is 2.88. The minimum absolute atomic E-state index is 0.0454. The molecule has 0 saturated carbocycles. The van der Waals surface area contributed by atoms with Gasteiger partial charge in [-0.15, -0.1) is 0 Å². The van der Waals surface area contributed by atoms with E-state index in [1.807, 2.05) is 12.1 Å². The first kappa shape index (κ1) is 19.8. The third-order valence-corrected chi connectivity index (χ3v) is 6.29. The van der Waals surface area contributed by atoms with E-state index in [0.717, 1.165) is 5.75 Å². The molecule has 0 spiro atoms. The van der Waals surface area contributed by atoms with Crippen LogP contribution < -0.4 is 10.1 Å². The van der Waals surface area contributed by atoms with Crippen LogP contribution >= 0.6 is 0 Å². The van der Waals surface area contributed by atoms with Crippen molar-refractivity contribution in [2.75, 3.05) is 24.7 Å². The lowest BCUT2D eigenvalue weighted by Gasteiger charge is -2.19. The molecule has 1 atom stereocenters. The monoisotopic (exact) mass is 367 g/mol. The summed E-state index contributed by atoms with van der Waals surface area (Å²) in [6, 6.07) is 8.05. The molecule has 1 aromatic carbocycles. The largest absolute Gasteiger partial charge is 0.494 e. The molecule has 0 bridgehead atoms. The molecule has 0 aliphatic carbocycles. The Balaban J connectivity index is 1.61. The standard InChI is InChI=1S/C19H29NO4S/c1-19(2,3)16-6-8-17(9-7-16)24-11-4-5-18(21)20-13-15-10-12-25(22,23)14-15/h6-9,15H,4-5,10-14H2,1-3H3,(H,20,21). The zero-order valence-corrected chi connectivity index (χ0v) is 16.2. The molecule has 1 unspecified atom stereocenters. The van der Waals surface area contributed by atoms with Crippen molar-refractivity contribution in [3.8, 4) is 5.75 Å². The fraction of sp³-hybridized carbons (Fsp3) is 0.632. The van der Waals surface area contributed by atoms with Gasteiger partial charge in [0.2, 0.25) is 5.91 Å². The van der Waals surface area contributed by atoms with Crippen LogP contribution in [0.25, 0.3) is 0 Å². The van der Waals surface area contributed by atoms with E-state index in [2.05, 4.69) is 38.2 Å². The molecule has 1 saturated heterocycles. The van der Waals surface area contributed by atoms with Gasteiger partial charge in [-0.2, -0.15) is 0 Å². The second-order valence-corrected chi connectivity index (χ2v) is 10.0. The molecule has 25 heavy (non-hydrogen) atoms. The molecule has 1 aliphatic rings. The van der Waals surface area contributed by atoms with E-state index in [1.165, 1.54) is 5.56 Å². The first-order chi connectivity index (χ1) is 11.7. The lowest BCUT2D eigenvalue weighted by atomic mass is 9.87. The van der Waals surface area contributed by atoms with Crippen molar-refractivity contribution >= 4 is 15.7 Å².